The summed E-state index contributed by atoms with van der Waals surface area (Å²) >= 11 is 5.94. The molecule has 1 aromatic carbocycles. The molecule has 0 aliphatic carbocycles. The number of H-pyrrole nitrogens is 1. The smallest absolute Gasteiger partial charge is 0.271 e. The topological polar surface area (TPSA) is 118 Å². The summed E-state index contributed by atoms with van der Waals surface area (Å²) in [7, 11) is 0. The number of carbonyl (C=O) groups is 1. The Labute approximate surface area is 125 Å². The van der Waals surface area contributed by atoms with Crippen LogP contribution in [0.15, 0.2) is 35.4 Å². The highest BCUT2D eigenvalue weighted by molar-refractivity contribution is 6.32. The second-order valence-corrected chi connectivity index (χ2v) is 4.81. The summed E-state index contributed by atoms with van der Waals surface area (Å²) in [5.74, 6) is -0.348. The zero-order valence-corrected chi connectivity index (χ0v) is 11.8. The van der Waals surface area contributed by atoms with Crippen LogP contribution in [0.5, 0.6) is 0 Å². The SMILES string of the molecule is NC(=O)CN(Cc1ccc(N)cc1)c1nc[nH]c(=O)c1Cl. The van der Waals surface area contributed by atoms with Crippen LogP contribution < -0.4 is 21.9 Å². The molecule has 8 heteroatoms. The number of nitrogens with two attached hydrogens (primary N) is 2. The van der Waals surface area contributed by atoms with Crippen LogP contribution in [0.4, 0.5) is 11.5 Å². The maximum Gasteiger partial charge on any atom is 0.271 e. The number of nitrogens with zero attached hydrogens (tertiary/aromatic N) is 2. The van der Waals surface area contributed by atoms with Crippen LogP contribution in [-0.4, -0.2) is 22.4 Å². The molecule has 2 aromatic rings. The molecule has 0 bridgehead atoms. The van der Waals surface area contributed by atoms with Crippen molar-refractivity contribution in [3.63, 3.8) is 0 Å². The van der Waals surface area contributed by atoms with Gasteiger partial charge in [0.15, 0.2) is 5.82 Å². The van der Waals surface area contributed by atoms with Gasteiger partial charge < -0.3 is 21.4 Å². The minimum atomic E-state index is -0.552. The fraction of sp³-hybridized carbons (Fsp3) is 0.154. The van der Waals surface area contributed by atoms with Gasteiger partial charge in [-0.1, -0.05) is 23.7 Å². The highest BCUT2D eigenvalue weighted by Gasteiger charge is 2.16. The maximum atomic E-state index is 11.5. The van der Waals surface area contributed by atoms with E-state index >= 15 is 0 Å². The standard InChI is InChI=1S/C13H14ClN5O2/c14-11-12(17-7-18-13(11)21)19(6-10(16)20)5-8-1-3-9(15)4-2-8/h1-4,7H,5-6,15H2,(H2,16,20)(H,17,18,21). The number of halogens is 1. The van der Waals surface area contributed by atoms with Gasteiger partial charge in [-0.2, -0.15) is 0 Å². The molecule has 0 unspecified atom stereocenters. The Hall–Kier alpha value is -2.54. The zero-order valence-electron chi connectivity index (χ0n) is 11.0. The third-order valence-electron chi connectivity index (χ3n) is 2.78. The van der Waals surface area contributed by atoms with Gasteiger partial charge in [-0.15, -0.1) is 0 Å². The van der Waals surface area contributed by atoms with E-state index in [-0.39, 0.29) is 17.4 Å². The Bertz CT molecular complexity index is 698. The van der Waals surface area contributed by atoms with E-state index in [0.29, 0.717) is 12.2 Å². The molecule has 0 aliphatic rings. The average molecular weight is 308 g/mol. The predicted molar refractivity (Wildman–Crippen MR) is 81.0 cm³/mol. The summed E-state index contributed by atoms with van der Waals surface area (Å²) in [4.78, 5) is 30.7. The summed E-state index contributed by atoms with van der Waals surface area (Å²) in [6, 6.07) is 7.10. The van der Waals surface area contributed by atoms with Crippen LogP contribution in [0.3, 0.4) is 0 Å². The largest absolute Gasteiger partial charge is 0.399 e. The van der Waals surface area contributed by atoms with Gasteiger partial charge in [0.05, 0.1) is 12.9 Å². The normalized spacial score (nSPS) is 10.3. The van der Waals surface area contributed by atoms with Crippen molar-refractivity contribution in [2.75, 3.05) is 17.2 Å². The van der Waals surface area contributed by atoms with Crippen molar-refractivity contribution in [3.05, 3.63) is 51.5 Å². The van der Waals surface area contributed by atoms with E-state index in [9.17, 15) is 9.59 Å². The van der Waals surface area contributed by atoms with Crippen molar-refractivity contribution < 1.29 is 4.79 Å². The minimum absolute atomic E-state index is 0.0887. The van der Waals surface area contributed by atoms with Crippen molar-refractivity contribution in [2.45, 2.75) is 6.54 Å². The molecule has 0 atom stereocenters. The summed E-state index contributed by atoms with van der Waals surface area (Å²) in [6.45, 7) is 0.208. The number of nitrogens with one attached hydrogen (secondary N) is 1. The Balaban J connectivity index is 2.34. The van der Waals surface area contributed by atoms with E-state index in [0.717, 1.165) is 5.56 Å². The van der Waals surface area contributed by atoms with Crippen molar-refractivity contribution in [1.82, 2.24) is 9.97 Å². The lowest BCUT2D eigenvalue weighted by Gasteiger charge is -2.22. The highest BCUT2D eigenvalue weighted by Crippen LogP contribution is 2.20. The van der Waals surface area contributed by atoms with E-state index in [2.05, 4.69) is 9.97 Å². The number of aromatic amines is 1. The van der Waals surface area contributed by atoms with Crippen molar-refractivity contribution in [2.24, 2.45) is 5.73 Å². The van der Waals surface area contributed by atoms with E-state index in [1.54, 1.807) is 12.1 Å². The van der Waals surface area contributed by atoms with E-state index in [4.69, 9.17) is 23.1 Å². The van der Waals surface area contributed by atoms with E-state index in [1.165, 1.54) is 11.2 Å². The first-order valence-electron chi connectivity index (χ1n) is 6.08. The molecule has 1 aromatic heterocycles. The second kappa shape index (κ2) is 6.27. The first kappa shape index (κ1) is 14.9. The number of rotatable bonds is 5. The summed E-state index contributed by atoms with van der Waals surface area (Å²) in [5.41, 5.74) is 11.9. The van der Waals surface area contributed by atoms with Gasteiger partial charge in [0.1, 0.15) is 5.02 Å². The quantitative estimate of drug-likeness (QED) is 0.695. The minimum Gasteiger partial charge on any atom is -0.399 e. The van der Waals surface area contributed by atoms with Crippen LogP contribution in [0.2, 0.25) is 5.02 Å². The Morgan fingerprint density at radius 2 is 2.00 bits per heavy atom. The first-order valence-corrected chi connectivity index (χ1v) is 6.46. The highest BCUT2D eigenvalue weighted by atomic mass is 35.5. The molecular weight excluding hydrogens is 294 g/mol. The molecule has 5 N–H and O–H groups in total. The van der Waals surface area contributed by atoms with Crippen molar-refractivity contribution >= 4 is 29.0 Å². The summed E-state index contributed by atoms with van der Waals surface area (Å²) in [5, 5.41) is -0.0887. The number of primary amides is 1. The van der Waals surface area contributed by atoms with Crippen LogP contribution in [0.25, 0.3) is 0 Å². The second-order valence-electron chi connectivity index (χ2n) is 4.43. The van der Waals surface area contributed by atoms with Crippen LogP contribution >= 0.6 is 11.6 Å². The number of nitrogen functional groups attached to an aromatic ring is 1. The molecule has 0 spiro atoms. The molecule has 21 heavy (non-hydrogen) atoms. The lowest BCUT2D eigenvalue weighted by Crippen LogP contribution is -2.35. The Morgan fingerprint density at radius 3 is 2.62 bits per heavy atom. The van der Waals surface area contributed by atoms with Crippen LogP contribution in [0, 0.1) is 0 Å². The Morgan fingerprint density at radius 1 is 1.33 bits per heavy atom. The molecule has 0 radical (unpaired) electrons. The Kier molecular flexibility index (Phi) is 4.44. The molecule has 1 amide bonds. The van der Waals surface area contributed by atoms with Gasteiger partial charge in [0.25, 0.3) is 5.56 Å². The van der Waals surface area contributed by atoms with E-state index < -0.39 is 11.5 Å². The molecule has 7 nitrogen and oxygen atoms in total. The maximum absolute atomic E-state index is 11.5. The van der Waals surface area contributed by atoms with Crippen LogP contribution in [0.1, 0.15) is 5.56 Å². The zero-order chi connectivity index (χ0) is 15.4. The lowest BCUT2D eigenvalue weighted by molar-refractivity contribution is -0.116. The number of anilines is 2. The number of hydrogen-bond donors (Lipinski definition) is 3. The van der Waals surface area contributed by atoms with E-state index in [1.807, 2.05) is 12.1 Å². The summed E-state index contributed by atoms with van der Waals surface area (Å²) in [6.07, 6.45) is 1.22. The average Bonchev–Trinajstić information content (AvgIpc) is 2.43. The van der Waals surface area contributed by atoms with Gasteiger partial charge in [-0.25, -0.2) is 4.98 Å². The predicted octanol–water partition coefficient (Wildman–Crippen LogP) is 0.497. The fourth-order valence-electron chi connectivity index (χ4n) is 1.83. The molecule has 0 saturated heterocycles. The third kappa shape index (κ3) is 3.73. The number of benzene rings is 1. The van der Waals surface area contributed by atoms with Gasteiger partial charge >= 0.3 is 0 Å². The number of amides is 1. The lowest BCUT2D eigenvalue weighted by atomic mass is 10.2. The number of aromatic nitrogens is 2. The van der Waals surface area contributed by atoms with Crippen LogP contribution in [-0.2, 0) is 11.3 Å². The molecule has 1 heterocycles. The molecule has 0 fully saturated rings. The molecule has 2 rings (SSSR count). The molecule has 0 saturated carbocycles. The van der Waals surface area contributed by atoms with Crippen molar-refractivity contribution in [1.29, 1.82) is 0 Å². The number of hydrogen-bond acceptors (Lipinski definition) is 5. The van der Waals surface area contributed by atoms with Gasteiger partial charge in [-0.05, 0) is 17.7 Å². The van der Waals surface area contributed by atoms with Crippen molar-refractivity contribution in [3.8, 4) is 0 Å². The first-order chi connectivity index (χ1) is 9.97. The molecule has 110 valence electrons. The molecule has 0 aliphatic heterocycles. The molecular formula is C13H14ClN5O2. The number of carbonyl (C=O) groups excluding carboxylic acids is 1. The third-order valence-corrected chi connectivity index (χ3v) is 3.12. The summed E-state index contributed by atoms with van der Waals surface area (Å²) < 4.78 is 0. The monoisotopic (exact) mass is 307 g/mol. The van der Waals surface area contributed by atoms with Gasteiger partial charge in [0.2, 0.25) is 5.91 Å². The van der Waals surface area contributed by atoms with Gasteiger partial charge in [-0.3, -0.25) is 9.59 Å². The fourth-order valence-corrected chi connectivity index (χ4v) is 2.05. The van der Waals surface area contributed by atoms with Gasteiger partial charge in [0, 0.05) is 12.2 Å².